The Balaban J connectivity index is 2.02. The van der Waals surface area contributed by atoms with Gasteiger partial charge in [0.25, 0.3) is 0 Å². The van der Waals surface area contributed by atoms with E-state index >= 15 is 0 Å². The van der Waals surface area contributed by atoms with Gasteiger partial charge in [0.15, 0.2) is 0 Å². The lowest BCUT2D eigenvalue weighted by atomic mass is 10.1. The van der Waals surface area contributed by atoms with Crippen LogP contribution < -0.4 is 5.32 Å². The first-order valence-corrected chi connectivity index (χ1v) is 6.73. The van der Waals surface area contributed by atoms with Gasteiger partial charge < -0.3 is 10.4 Å². The molecule has 2 aromatic carbocycles. The van der Waals surface area contributed by atoms with Crippen molar-refractivity contribution in [2.24, 2.45) is 0 Å². The number of hydrogen-bond donors (Lipinski definition) is 2. The lowest BCUT2D eigenvalue weighted by molar-refractivity contribution is 0.475. The quantitative estimate of drug-likeness (QED) is 0.867. The molecule has 0 saturated carbocycles. The Hall–Kier alpha value is -1.67. The summed E-state index contributed by atoms with van der Waals surface area (Å²) in [6, 6.07) is 13.5. The molecule has 0 saturated heterocycles. The minimum absolute atomic E-state index is 0.267. The summed E-state index contributed by atoms with van der Waals surface area (Å²) in [5.41, 5.74) is 3.33. The van der Waals surface area contributed by atoms with Crippen molar-refractivity contribution in [1.29, 1.82) is 0 Å². The highest BCUT2D eigenvalue weighted by Gasteiger charge is 2.06. The van der Waals surface area contributed by atoms with Crippen molar-refractivity contribution in [3.8, 4) is 5.75 Å². The van der Waals surface area contributed by atoms with Crippen LogP contribution in [0.1, 0.15) is 18.1 Å². The summed E-state index contributed by atoms with van der Waals surface area (Å²) < 4.78 is 0. The zero-order chi connectivity index (χ0) is 13.8. The van der Waals surface area contributed by atoms with Crippen LogP contribution >= 0.6 is 11.6 Å². The lowest BCUT2D eigenvalue weighted by Crippen LogP contribution is -2.18. The number of phenols is 1. The van der Waals surface area contributed by atoms with E-state index in [1.54, 1.807) is 12.1 Å². The van der Waals surface area contributed by atoms with E-state index in [0.717, 1.165) is 17.1 Å². The molecule has 0 aliphatic rings. The molecule has 19 heavy (non-hydrogen) atoms. The van der Waals surface area contributed by atoms with Crippen LogP contribution in [0.3, 0.4) is 0 Å². The molecule has 1 unspecified atom stereocenters. The van der Waals surface area contributed by atoms with E-state index < -0.39 is 0 Å². The number of aryl methyl sites for hydroxylation is 1. The average molecular weight is 276 g/mol. The van der Waals surface area contributed by atoms with Gasteiger partial charge in [-0.2, -0.15) is 0 Å². The Labute approximate surface area is 119 Å². The van der Waals surface area contributed by atoms with Gasteiger partial charge in [0, 0.05) is 6.04 Å². The van der Waals surface area contributed by atoms with Crippen LogP contribution in [0, 0.1) is 6.92 Å². The van der Waals surface area contributed by atoms with Crippen LogP contribution in [-0.2, 0) is 6.42 Å². The molecule has 2 N–H and O–H groups in total. The molecule has 2 nitrogen and oxygen atoms in total. The van der Waals surface area contributed by atoms with Gasteiger partial charge >= 0.3 is 0 Å². The maximum atomic E-state index is 9.26. The number of aromatic hydroxyl groups is 1. The van der Waals surface area contributed by atoms with Gasteiger partial charge in [-0.3, -0.25) is 0 Å². The first kappa shape index (κ1) is 13.8. The molecule has 0 radical (unpaired) electrons. The largest absolute Gasteiger partial charge is 0.508 e. The molecule has 1 atom stereocenters. The predicted molar refractivity (Wildman–Crippen MR) is 81.1 cm³/mol. The van der Waals surface area contributed by atoms with Gasteiger partial charge in [-0.05, 0) is 55.7 Å². The summed E-state index contributed by atoms with van der Waals surface area (Å²) >= 11 is 6.17. The van der Waals surface area contributed by atoms with Crippen molar-refractivity contribution in [2.75, 3.05) is 5.32 Å². The molecule has 0 heterocycles. The Morgan fingerprint density at radius 1 is 1.16 bits per heavy atom. The highest BCUT2D eigenvalue weighted by Crippen LogP contribution is 2.24. The lowest BCUT2D eigenvalue weighted by Gasteiger charge is -2.17. The predicted octanol–water partition coefficient (Wildman–Crippen LogP) is 4.40. The number of hydrogen-bond acceptors (Lipinski definition) is 2. The van der Waals surface area contributed by atoms with Gasteiger partial charge in [0.1, 0.15) is 5.75 Å². The molecular weight excluding hydrogens is 258 g/mol. The molecule has 100 valence electrons. The van der Waals surface area contributed by atoms with Gasteiger partial charge in [-0.15, -0.1) is 0 Å². The fourth-order valence-electron chi connectivity index (χ4n) is 2.05. The van der Waals surface area contributed by atoms with Crippen molar-refractivity contribution in [1.82, 2.24) is 0 Å². The van der Waals surface area contributed by atoms with Crippen molar-refractivity contribution in [2.45, 2.75) is 26.3 Å². The maximum absolute atomic E-state index is 9.26. The molecule has 0 aromatic heterocycles. The summed E-state index contributed by atoms with van der Waals surface area (Å²) in [5, 5.41) is 13.4. The van der Waals surface area contributed by atoms with Crippen molar-refractivity contribution in [3.05, 3.63) is 58.6 Å². The van der Waals surface area contributed by atoms with E-state index in [1.807, 2.05) is 31.2 Å². The third kappa shape index (κ3) is 3.90. The van der Waals surface area contributed by atoms with Crippen LogP contribution in [-0.4, -0.2) is 11.1 Å². The van der Waals surface area contributed by atoms with Crippen LogP contribution in [0.4, 0.5) is 5.69 Å². The van der Waals surface area contributed by atoms with E-state index in [1.165, 1.54) is 11.1 Å². The SMILES string of the molecule is Cc1ccc(Cl)c(NC(C)Cc2ccc(O)cc2)c1. The number of phenolic OH excluding ortho intramolecular Hbond substituents is 1. The molecule has 0 spiro atoms. The van der Waals surface area contributed by atoms with Crippen molar-refractivity contribution < 1.29 is 5.11 Å². The van der Waals surface area contributed by atoms with E-state index in [2.05, 4.69) is 18.3 Å². The Morgan fingerprint density at radius 3 is 2.53 bits per heavy atom. The van der Waals surface area contributed by atoms with Gasteiger partial charge in [0.05, 0.1) is 10.7 Å². The van der Waals surface area contributed by atoms with Crippen LogP contribution in [0.15, 0.2) is 42.5 Å². The molecule has 0 fully saturated rings. The Kier molecular flexibility index (Phi) is 4.33. The molecule has 0 bridgehead atoms. The minimum atomic E-state index is 0.267. The Morgan fingerprint density at radius 2 is 1.84 bits per heavy atom. The smallest absolute Gasteiger partial charge is 0.115 e. The van der Waals surface area contributed by atoms with E-state index in [-0.39, 0.29) is 6.04 Å². The van der Waals surface area contributed by atoms with Gasteiger partial charge in [-0.25, -0.2) is 0 Å². The van der Waals surface area contributed by atoms with E-state index in [0.29, 0.717) is 5.75 Å². The second-order valence-electron chi connectivity index (χ2n) is 4.90. The van der Waals surface area contributed by atoms with Crippen LogP contribution in [0.5, 0.6) is 5.75 Å². The average Bonchev–Trinajstić information content (AvgIpc) is 2.37. The van der Waals surface area contributed by atoms with E-state index in [4.69, 9.17) is 11.6 Å². The monoisotopic (exact) mass is 275 g/mol. The molecule has 0 aliphatic carbocycles. The molecule has 2 aromatic rings. The van der Waals surface area contributed by atoms with Crippen LogP contribution in [0.2, 0.25) is 5.02 Å². The summed E-state index contributed by atoms with van der Waals surface area (Å²) in [6.45, 7) is 4.16. The highest BCUT2D eigenvalue weighted by atomic mass is 35.5. The number of halogens is 1. The normalized spacial score (nSPS) is 12.2. The number of anilines is 1. The minimum Gasteiger partial charge on any atom is -0.508 e. The summed E-state index contributed by atoms with van der Waals surface area (Å²) in [6.07, 6.45) is 0.880. The summed E-state index contributed by atoms with van der Waals surface area (Å²) in [7, 11) is 0. The fraction of sp³-hybridized carbons (Fsp3) is 0.250. The molecule has 0 amide bonds. The second-order valence-corrected chi connectivity index (χ2v) is 5.31. The topological polar surface area (TPSA) is 32.3 Å². The Bertz CT molecular complexity index is 551. The fourth-order valence-corrected chi connectivity index (χ4v) is 2.22. The zero-order valence-electron chi connectivity index (χ0n) is 11.2. The first-order valence-electron chi connectivity index (χ1n) is 6.35. The molecular formula is C16H18ClNO. The first-order chi connectivity index (χ1) is 9.04. The zero-order valence-corrected chi connectivity index (χ0v) is 11.9. The van der Waals surface area contributed by atoms with Gasteiger partial charge in [0.2, 0.25) is 0 Å². The third-order valence-corrected chi connectivity index (χ3v) is 3.33. The number of benzene rings is 2. The van der Waals surface area contributed by atoms with Crippen molar-refractivity contribution in [3.63, 3.8) is 0 Å². The highest BCUT2D eigenvalue weighted by molar-refractivity contribution is 6.33. The molecule has 0 aliphatic heterocycles. The maximum Gasteiger partial charge on any atom is 0.115 e. The summed E-state index contributed by atoms with van der Waals surface area (Å²) in [4.78, 5) is 0. The standard InChI is InChI=1S/C16H18ClNO/c1-11-3-8-15(17)16(9-11)18-12(2)10-13-4-6-14(19)7-5-13/h3-9,12,18-19H,10H2,1-2H3. The van der Waals surface area contributed by atoms with E-state index in [9.17, 15) is 5.11 Å². The van der Waals surface area contributed by atoms with Crippen molar-refractivity contribution >= 4 is 17.3 Å². The van der Waals surface area contributed by atoms with Crippen LogP contribution in [0.25, 0.3) is 0 Å². The molecule has 3 heteroatoms. The van der Waals surface area contributed by atoms with Gasteiger partial charge in [-0.1, -0.05) is 29.8 Å². The third-order valence-electron chi connectivity index (χ3n) is 3.00. The molecule has 2 rings (SSSR count). The number of nitrogens with one attached hydrogen (secondary N) is 1. The number of rotatable bonds is 4. The second kappa shape index (κ2) is 5.98. The summed E-state index contributed by atoms with van der Waals surface area (Å²) in [5.74, 6) is 0.297.